The van der Waals surface area contributed by atoms with Crippen molar-refractivity contribution in [2.75, 3.05) is 0 Å². The van der Waals surface area contributed by atoms with Gasteiger partial charge in [-0.15, -0.1) is 0 Å². The SMILES string of the molecule is CC(C)(C)OC(=O)NCc1cc2cc(F)c(O)cc2[nH]1. The molecule has 0 fully saturated rings. The van der Waals surface area contributed by atoms with Crippen LogP contribution in [0.5, 0.6) is 5.75 Å². The number of fused-ring (bicyclic) bond motifs is 1. The summed E-state index contributed by atoms with van der Waals surface area (Å²) >= 11 is 0. The molecule has 3 N–H and O–H groups in total. The Bertz CT molecular complexity index is 605. The van der Waals surface area contributed by atoms with Gasteiger partial charge in [-0.1, -0.05) is 0 Å². The minimum absolute atomic E-state index is 0.228. The number of phenols is 1. The van der Waals surface area contributed by atoms with Gasteiger partial charge >= 0.3 is 6.09 Å². The van der Waals surface area contributed by atoms with E-state index in [0.717, 1.165) is 0 Å². The number of carbonyl (C=O) groups excluding carboxylic acids is 1. The number of alkyl carbamates (subject to hydrolysis) is 1. The number of aromatic hydroxyl groups is 1. The standard InChI is InChI=1S/C14H17FN2O3/c1-14(2,3)20-13(19)16-7-9-4-8-5-10(15)12(18)6-11(8)17-9/h4-6,17-18H,7H2,1-3H3,(H,16,19). The number of phenolic OH excluding ortho intramolecular Hbond substituents is 1. The molecule has 0 bridgehead atoms. The third kappa shape index (κ3) is 3.40. The molecule has 0 spiro atoms. The fraction of sp³-hybridized carbons (Fsp3) is 0.357. The van der Waals surface area contributed by atoms with Crippen LogP contribution in [0, 0.1) is 5.82 Å². The average molecular weight is 280 g/mol. The predicted octanol–water partition coefficient (Wildman–Crippen LogP) is 3.04. The molecule has 5 nitrogen and oxygen atoms in total. The second kappa shape index (κ2) is 5.03. The minimum atomic E-state index is -0.678. The average Bonchev–Trinajstić information content (AvgIpc) is 2.67. The molecule has 0 saturated carbocycles. The van der Waals surface area contributed by atoms with E-state index in [2.05, 4.69) is 10.3 Å². The number of H-pyrrole nitrogens is 1. The van der Waals surface area contributed by atoms with Crippen LogP contribution in [0.15, 0.2) is 18.2 Å². The molecule has 0 radical (unpaired) electrons. The van der Waals surface area contributed by atoms with Crippen molar-refractivity contribution in [2.45, 2.75) is 32.9 Å². The number of aromatic amines is 1. The zero-order valence-corrected chi connectivity index (χ0v) is 11.6. The van der Waals surface area contributed by atoms with E-state index in [9.17, 15) is 14.3 Å². The quantitative estimate of drug-likeness (QED) is 0.791. The van der Waals surface area contributed by atoms with Crippen LogP contribution in [0.25, 0.3) is 10.9 Å². The number of benzene rings is 1. The van der Waals surface area contributed by atoms with Crippen LogP contribution in [0.4, 0.5) is 9.18 Å². The van der Waals surface area contributed by atoms with Gasteiger partial charge in [-0.25, -0.2) is 9.18 Å². The van der Waals surface area contributed by atoms with Gasteiger partial charge in [-0.3, -0.25) is 0 Å². The smallest absolute Gasteiger partial charge is 0.407 e. The van der Waals surface area contributed by atoms with E-state index in [-0.39, 0.29) is 6.54 Å². The van der Waals surface area contributed by atoms with E-state index in [4.69, 9.17) is 4.74 Å². The highest BCUT2D eigenvalue weighted by Gasteiger charge is 2.16. The van der Waals surface area contributed by atoms with Crippen molar-refractivity contribution in [3.63, 3.8) is 0 Å². The summed E-state index contributed by atoms with van der Waals surface area (Å²) in [6, 6.07) is 4.25. The summed E-state index contributed by atoms with van der Waals surface area (Å²) in [6.45, 7) is 5.56. The highest BCUT2D eigenvalue weighted by atomic mass is 19.1. The summed E-state index contributed by atoms with van der Waals surface area (Å²) in [5, 5.41) is 12.5. The molecule has 1 aromatic carbocycles. The van der Waals surface area contributed by atoms with Gasteiger partial charge in [-0.05, 0) is 32.9 Å². The largest absolute Gasteiger partial charge is 0.505 e. The Hall–Kier alpha value is -2.24. The van der Waals surface area contributed by atoms with Crippen molar-refractivity contribution < 1.29 is 19.0 Å². The Morgan fingerprint density at radius 2 is 2.10 bits per heavy atom. The number of aromatic nitrogens is 1. The molecule has 1 amide bonds. The number of hydrogen-bond donors (Lipinski definition) is 3. The summed E-state index contributed by atoms with van der Waals surface area (Å²) in [4.78, 5) is 14.5. The van der Waals surface area contributed by atoms with Crippen molar-refractivity contribution in [1.29, 1.82) is 0 Å². The molecule has 2 aromatic rings. The number of ether oxygens (including phenoxy) is 1. The zero-order valence-electron chi connectivity index (χ0n) is 11.6. The molecular formula is C14H17FN2O3. The topological polar surface area (TPSA) is 74.3 Å². The van der Waals surface area contributed by atoms with Gasteiger partial charge in [0.25, 0.3) is 0 Å². The predicted molar refractivity (Wildman–Crippen MR) is 73.0 cm³/mol. The van der Waals surface area contributed by atoms with Crippen molar-refractivity contribution in [2.24, 2.45) is 0 Å². The lowest BCUT2D eigenvalue weighted by Crippen LogP contribution is -2.32. The molecule has 0 aliphatic rings. The first-order valence-corrected chi connectivity index (χ1v) is 6.21. The molecule has 1 aromatic heterocycles. The summed E-state index contributed by atoms with van der Waals surface area (Å²) in [6.07, 6.45) is -0.523. The maximum Gasteiger partial charge on any atom is 0.407 e. The maximum atomic E-state index is 13.2. The van der Waals surface area contributed by atoms with Gasteiger partial charge in [0.05, 0.1) is 6.54 Å². The number of halogens is 1. The zero-order chi connectivity index (χ0) is 14.9. The lowest BCUT2D eigenvalue weighted by Gasteiger charge is -2.19. The van der Waals surface area contributed by atoms with E-state index >= 15 is 0 Å². The number of hydrogen-bond acceptors (Lipinski definition) is 3. The summed E-state index contributed by atoms with van der Waals surface area (Å²) < 4.78 is 18.3. The first kappa shape index (κ1) is 14.2. The van der Waals surface area contributed by atoms with Crippen LogP contribution in [-0.4, -0.2) is 21.8 Å². The number of amides is 1. The van der Waals surface area contributed by atoms with E-state index in [1.807, 2.05) is 0 Å². The molecule has 2 rings (SSSR count). The molecule has 0 unspecified atom stereocenters. The molecule has 0 saturated heterocycles. The Labute approximate surface area is 115 Å². The van der Waals surface area contributed by atoms with Gasteiger partial charge in [0.15, 0.2) is 11.6 Å². The molecule has 20 heavy (non-hydrogen) atoms. The minimum Gasteiger partial charge on any atom is -0.505 e. The summed E-state index contributed by atoms with van der Waals surface area (Å²) in [5.74, 6) is -1.09. The summed E-state index contributed by atoms with van der Waals surface area (Å²) in [5.41, 5.74) is 0.736. The van der Waals surface area contributed by atoms with Gasteiger partial charge in [-0.2, -0.15) is 0 Å². The summed E-state index contributed by atoms with van der Waals surface area (Å²) in [7, 11) is 0. The van der Waals surface area contributed by atoms with Gasteiger partial charge in [0.2, 0.25) is 0 Å². The Morgan fingerprint density at radius 3 is 2.75 bits per heavy atom. The third-order valence-electron chi connectivity index (χ3n) is 2.57. The first-order chi connectivity index (χ1) is 9.24. The molecule has 0 aliphatic carbocycles. The van der Waals surface area contributed by atoms with Gasteiger partial charge < -0.3 is 20.1 Å². The highest BCUT2D eigenvalue weighted by Crippen LogP contribution is 2.24. The van der Waals surface area contributed by atoms with Crippen LogP contribution in [0.2, 0.25) is 0 Å². The van der Waals surface area contributed by atoms with Crippen LogP contribution in [-0.2, 0) is 11.3 Å². The van der Waals surface area contributed by atoms with Crippen LogP contribution in [0.1, 0.15) is 26.5 Å². The van der Waals surface area contributed by atoms with Crippen LogP contribution < -0.4 is 5.32 Å². The molecule has 0 aliphatic heterocycles. The van der Waals surface area contributed by atoms with E-state index in [1.165, 1.54) is 12.1 Å². The lowest BCUT2D eigenvalue weighted by molar-refractivity contribution is 0.0523. The second-order valence-electron chi connectivity index (χ2n) is 5.54. The molecule has 6 heteroatoms. The van der Waals surface area contributed by atoms with Crippen molar-refractivity contribution >= 4 is 17.0 Å². The van der Waals surface area contributed by atoms with Gasteiger partial charge in [0, 0.05) is 22.7 Å². The monoisotopic (exact) mass is 280 g/mol. The van der Waals surface area contributed by atoms with E-state index in [1.54, 1.807) is 26.8 Å². The molecule has 1 heterocycles. The highest BCUT2D eigenvalue weighted by molar-refractivity contribution is 5.82. The first-order valence-electron chi connectivity index (χ1n) is 6.21. The van der Waals surface area contributed by atoms with Crippen LogP contribution in [0.3, 0.4) is 0 Å². The Kier molecular flexibility index (Phi) is 3.57. The van der Waals surface area contributed by atoms with E-state index < -0.39 is 23.3 Å². The fourth-order valence-electron chi connectivity index (χ4n) is 1.78. The Balaban J connectivity index is 2.05. The molecular weight excluding hydrogens is 263 g/mol. The number of nitrogens with one attached hydrogen (secondary N) is 2. The number of carbonyl (C=O) groups is 1. The van der Waals surface area contributed by atoms with Gasteiger partial charge in [0.1, 0.15) is 5.60 Å². The van der Waals surface area contributed by atoms with Crippen molar-refractivity contribution in [1.82, 2.24) is 10.3 Å². The van der Waals surface area contributed by atoms with Crippen LogP contribution >= 0.6 is 0 Å². The third-order valence-corrected chi connectivity index (χ3v) is 2.57. The maximum absolute atomic E-state index is 13.2. The Morgan fingerprint density at radius 1 is 1.40 bits per heavy atom. The molecule has 0 atom stereocenters. The number of rotatable bonds is 2. The lowest BCUT2D eigenvalue weighted by atomic mass is 10.2. The fourth-order valence-corrected chi connectivity index (χ4v) is 1.78. The van der Waals surface area contributed by atoms with Crippen molar-refractivity contribution in [3.8, 4) is 5.75 Å². The normalized spacial score (nSPS) is 11.6. The second-order valence-corrected chi connectivity index (χ2v) is 5.54. The van der Waals surface area contributed by atoms with Crippen molar-refractivity contribution in [3.05, 3.63) is 29.7 Å². The van der Waals surface area contributed by atoms with E-state index in [0.29, 0.717) is 16.6 Å². The molecule has 108 valence electrons.